The lowest BCUT2D eigenvalue weighted by Gasteiger charge is -2.63. The third-order valence-corrected chi connectivity index (χ3v) is 10.4. The first-order chi connectivity index (χ1) is 15.7. The van der Waals surface area contributed by atoms with E-state index in [1.165, 1.54) is 54.4 Å². The molecular formula is C29H39B5. The Balaban J connectivity index is 1.83. The predicted octanol–water partition coefficient (Wildman–Crippen LogP) is 6.84. The van der Waals surface area contributed by atoms with Crippen LogP contribution in [0, 0.1) is 22.2 Å². The van der Waals surface area contributed by atoms with E-state index >= 15 is 0 Å². The molecule has 1 spiro atoms. The van der Waals surface area contributed by atoms with Crippen molar-refractivity contribution in [2.45, 2.75) is 121 Å². The van der Waals surface area contributed by atoms with Gasteiger partial charge in [0.15, 0.2) is 0 Å². The second kappa shape index (κ2) is 8.02. The van der Waals surface area contributed by atoms with E-state index in [1.807, 2.05) is 0 Å². The maximum absolute atomic E-state index is 7.29. The van der Waals surface area contributed by atoms with Gasteiger partial charge in [0.25, 0.3) is 0 Å². The molecule has 5 aliphatic rings. The summed E-state index contributed by atoms with van der Waals surface area (Å²) in [6.07, 6.45) is 11.6. The van der Waals surface area contributed by atoms with Gasteiger partial charge in [-0.05, 0) is 48.8 Å². The minimum absolute atomic E-state index is 0.00497. The van der Waals surface area contributed by atoms with Crippen molar-refractivity contribution in [3.63, 3.8) is 0 Å². The first-order valence-corrected chi connectivity index (χ1v) is 13.8. The minimum atomic E-state index is -1.12. The SMILES string of the molecule is [B]C1CCCC2=C1C([B])C1=C(C(C(C)(C)C)C3=C(C([B])CCC34CCCCC4)C1([B])[B])C2(C)C. The largest absolute Gasteiger partial charge is 0.0823 e. The number of allylic oxidation sites excluding steroid dienone is 6. The van der Waals surface area contributed by atoms with Gasteiger partial charge in [-0.1, -0.05) is 117 Å². The van der Waals surface area contributed by atoms with Crippen molar-refractivity contribution in [2.24, 2.45) is 22.2 Å². The van der Waals surface area contributed by atoms with Gasteiger partial charge < -0.3 is 0 Å². The molecule has 0 saturated heterocycles. The van der Waals surface area contributed by atoms with E-state index in [0.717, 1.165) is 43.3 Å². The number of hydrogen-bond acceptors (Lipinski definition) is 0. The lowest BCUT2D eigenvalue weighted by molar-refractivity contribution is 0.145. The van der Waals surface area contributed by atoms with Crippen molar-refractivity contribution in [3.8, 4) is 0 Å². The van der Waals surface area contributed by atoms with Crippen LogP contribution in [0.2, 0.25) is 22.7 Å². The first-order valence-electron chi connectivity index (χ1n) is 13.8. The van der Waals surface area contributed by atoms with Crippen LogP contribution in [0.1, 0.15) is 98.8 Å². The van der Waals surface area contributed by atoms with E-state index in [-0.39, 0.29) is 39.6 Å². The normalized spacial score (nSPS) is 36.7. The molecular weight excluding hydrogens is 402 g/mol. The van der Waals surface area contributed by atoms with Gasteiger partial charge in [0.2, 0.25) is 0 Å². The first kappa shape index (κ1) is 25.2. The zero-order valence-electron chi connectivity index (χ0n) is 22.3. The minimum Gasteiger partial charge on any atom is -0.0823 e. The van der Waals surface area contributed by atoms with Crippen molar-refractivity contribution < 1.29 is 0 Å². The Hall–Kier alpha value is -0.455. The highest BCUT2D eigenvalue weighted by atomic mass is 14.6. The van der Waals surface area contributed by atoms with Crippen LogP contribution in [-0.2, 0) is 0 Å². The Morgan fingerprint density at radius 1 is 0.735 bits per heavy atom. The van der Waals surface area contributed by atoms with Crippen molar-refractivity contribution in [1.29, 1.82) is 0 Å². The fourth-order valence-electron chi connectivity index (χ4n) is 9.02. The van der Waals surface area contributed by atoms with Gasteiger partial charge in [0.1, 0.15) is 0 Å². The summed E-state index contributed by atoms with van der Waals surface area (Å²) in [5, 5.41) is -1.12. The van der Waals surface area contributed by atoms with Crippen LogP contribution < -0.4 is 0 Å². The molecule has 0 heterocycles. The number of fused-ring (bicyclic) bond motifs is 1. The Morgan fingerprint density at radius 3 is 2.00 bits per heavy atom. The molecule has 1 fully saturated rings. The van der Waals surface area contributed by atoms with E-state index < -0.39 is 5.21 Å². The van der Waals surface area contributed by atoms with Crippen LogP contribution in [0.5, 0.6) is 0 Å². The standard InChI is InChI=1S/C29H39B5/c1-26(2,3)21-22-24(25(32)19-16(27(22,4)5)10-9-11-17(19)30)29(33,34)20-18(31)12-15-28(23(20)21)13-7-6-8-14-28/h17-18,21,25H,6-15H2,1-5H3. The summed E-state index contributed by atoms with van der Waals surface area (Å²) in [5.74, 6) is -0.202. The highest BCUT2D eigenvalue weighted by Crippen LogP contribution is 2.72. The molecule has 0 aromatic rings. The lowest BCUT2D eigenvalue weighted by Crippen LogP contribution is -2.50. The van der Waals surface area contributed by atoms with Crippen molar-refractivity contribution in [3.05, 3.63) is 33.4 Å². The average molecular weight is 442 g/mol. The molecule has 5 aliphatic carbocycles. The van der Waals surface area contributed by atoms with Crippen LogP contribution in [0.15, 0.2) is 33.4 Å². The third-order valence-electron chi connectivity index (χ3n) is 10.4. The quantitative estimate of drug-likeness (QED) is 0.285. The summed E-state index contributed by atoms with van der Waals surface area (Å²) >= 11 is 0. The monoisotopic (exact) mass is 442 g/mol. The van der Waals surface area contributed by atoms with Crippen LogP contribution in [0.25, 0.3) is 0 Å². The van der Waals surface area contributed by atoms with Crippen molar-refractivity contribution >= 4 is 39.2 Å². The van der Waals surface area contributed by atoms with Crippen LogP contribution in [0.3, 0.4) is 0 Å². The van der Waals surface area contributed by atoms with Crippen LogP contribution in [0.4, 0.5) is 0 Å². The fourth-order valence-corrected chi connectivity index (χ4v) is 9.02. The Kier molecular flexibility index (Phi) is 5.95. The molecule has 0 nitrogen and oxygen atoms in total. The van der Waals surface area contributed by atoms with Crippen molar-refractivity contribution in [1.82, 2.24) is 0 Å². The molecule has 1 saturated carbocycles. The topological polar surface area (TPSA) is 0 Å². The van der Waals surface area contributed by atoms with E-state index in [0.29, 0.717) is 0 Å². The Labute approximate surface area is 216 Å². The highest BCUT2D eigenvalue weighted by Gasteiger charge is 2.58. The molecule has 0 amide bonds. The van der Waals surface area contributed by atoms with E-state index in [9.17, 15) is 0 Å². The predicted molar refractivity (Wildman–Crippen MR) is 149 cm³/mol. The van der Waals surface area contributed by atoms with Gasteiger partial charge in [-0.15, -0.1) is 0 Å². The van der Waals surface area contributed by atoms with Gasteiger partial charge in [0.05, 0.1) is 39.2 Å². The van der Waals surface area contributed by atoms with Gasteiger partial charge in [-0.25, -0.2) is 0 Å². The summed E-state index contributed by atoms with van der Waals surface area (Å²) in [6, 6.07) is 0. The molecule has 34 heavy (non-hydrogen) atoms. The summed E-state index contributed by atoms with van der Waals surface area (Å²) in [5.41, 5.74) is 7.68. The second-order valence-electron chi connectivity index (χ2n) is 13.8. The summed E-state index contributed by atoms with van der Waals surface area (Å²) in [4.78, 5) is 0. The maximum Gasteiger partial charge on any atom is 0.0818 e. The number of rotatable bonds is 0. The summed E-state index contributed by atoms with van der Waals surface area (Å²) in [7, 11) is 35.4. The molecule has 0 aromatic heterocycles. The van der Waals surface area contributed by atoms with Crippen molar-refractivity contribution in [2.75, 3.05) is 0 Å². The molecule has 10 radical (unpaired) electrons. The molecule has 4 atom stereocenters. The zero-order chi connectivity index (χ0) is 24.8. The maximum atomic E-state index is 7.29. The summed E-state index contributed by atoms with van der Waals surface area (Å²) in [6.45, 7) is 11.9. The van der Waals surface area contributed by atoms with Gasteiger partial charge >= 0.3 is 0 Å². The average Bonchev–Trinajstić information content (AvgIpc) is 2.74. The van der Waals surface area contributed by atoms with E-state index in [1.54, 1.807) is 0 Å². The summed E-state index contributed by atoms with van der Waals surface area (Å²) < 4.78 is 0. The van der Waals surface area contributed by atoms with Crippen LogP contribution >= 0.6 is 0 Å². The molecule has 0 aliphatic heterocycles. The lowest BCUT2D eigenvalue weighted by atomic mass is 9.31. The molecule has 5 heteroatoms. The van der Waals surface area contributed by atoms with Gasteiger partial charge in [-0.2, -0.15) is 0 Å². The van der Waals surface area contributed by atoms with E-state index in [4.69, 9.17) is 39.2 Å². The zero-order valence-corrected chi connectivity index (χ0v) is 22.3. The van der Waals surface area contributed by atoms with Gasteiger partial charge in [-0.3, -0.25) is 0 Å². The molecule has 0 N–H and O–H groups in total. The Bertz CT molecular complexity index is 967. The molecule has 4 unspecified atom stereocenters. The number of hydrogen-bond donors (Lipinski definition) is 0. The molecule has 0 bridgehead atoms. The van der Waals surface area contributed by atoms with Gasteiger partial charge in [0, 0.05) is 11.3 Å². The van der Waals surface area contributed by atoms with Crippen LogP contribution in [-0.4, -0.2) is 39.2 Å². The fraction of sp³-hybridized carbons (Fsp3) is 0.793. The second-order valence-corrected chi connectivity index (χ2v) is 13.8. The highest BCUT2D eigenvalue weighted by molar-refractivity contribution is 6.46. The van der Waals surface area contributed by atoms with E-state index in [2.05, 4.69) is 34.6 Å². The molecule has 170 valence electrons. The third kappa shape index (κ3) is 3.36. The molecule has 5 rings (SSSR count). The smallest absolute Gasteiger partial charge is 0.0818 e. The molecule has 0 aromatic carbocycles. The Morgan fingerprint density at radius 2 is 1.38 bits per heavy atom.